The zero-order valence-corrected chi connectivity index (χ0v) is 19.3. The van der Waals surface area contributed by atoms with Crippen LogP contribution in [0.4, 0.5) is 0 Å². The molecule has 5 nitrogen and oxygen atoms in total. The molecule has 0 saturated heterocycles. The van der Waals surface area contributed by atoms with Crippen LogP contribution in [0.1, 0.15) is 42.8 Å². The van der Waals surface area contributed by atoms with Crippen molar-refractivity contribution in [3.63, 3.8) is 0 Å². The maximum atomic E-state index is 12.6. The second-order valence-corrected chi connectivity index (χ2v) is 8.35. The summed E-state index contributed by atoms with van der Waals surface area (Å²) in [5, 5.41) is 3.14. The molecule has 1 N–H and O–H groups in total. The van der Waals surface area contributed by atoms with Crippen molar-refractivity contribution in [2.75, 3.05) is 6.61 Å². The highest BCUT2D eigenvalue weighted by Gasteiger charge is 2.18. The van der Waals surface area contributed by atoms with E-state index >= 15 is 0 Å². The molecule has 3 aromatic carbocycles. The fraction of sp³-hybridized carbons (Fsp3) is 0.286. The van der Waals surface area contributed by atoms with Gasteiger partial charge in [0.2, 0.25) is 5.91 Å². The first-order valence-electron chi connectivity index (χ1n) is 11.6. The number of hydrogen-bond donors (Lipinski definition) is 1. The molecular weight excluding hydrogens is 410 g/mol. The number of carbonyl (C=O) groups is 1. The Hall–Kier alpha value is -3.60. The monoisotopic (exact) mass is 441 g/mol. The number of rotatable bonds is 10. The first-order chi connectivity index (χ1) is 16.1. The van der Waals surface area contributed by atoms with Crippen molar-refractivity contribution in [3.05, 3.63) is 95.8 Å². The van der Waals surface area contributed by atoms with Gasteiger partial charge in [-0.25, -0.2) is 4.98 Å². The first-order valence-corrected chi connectivity index (χ1v) is 11.6. The van der Waals surface area contributed by atoms with Gasteiger partial charge in [0.15, 0.2) is 0 Å². The number of ether oxygens (including phenoxy) is 1. The summed E-state index contributed by atoms with van der Waals surface area (Å²) < 4.78 is 8.19. The van der Waals surface area contributed by atoms with E-state index in [-0.39, 0.29) is 11.9 Å². The number of para-hydroxylation sites is 3. The van der Waals surface area contributed by atoms with Gasteiger partial charge >= 0.3 is 0 Å². The van der Waals surface area contributed by atoms with E-state index in [9.17, 15) is 4.79 Å². The van der Waals surface area contributed by atoms with Crippen molar-refractivity contribution in [3.8, 4) is 5.75 Å². The number of benzene rings is 3. The Morgan fingerprint density at radius 1 is 1.00 bits per heavy atom. The second-order valence-electron chi connectivity index (χ2n) is 8.35. The van der Waals surface area contributed by atoms with Gasteiger partial charge in [0, 0.05) is 13.0 Å². The number of nitrogens with zero attached hydrogens (tertiary/aromatic N) is 2. The van der Waals surface area contributed by atoms with Crippen molar-refractivity contribution < 1.29 is 9.53 Å². The van der Waals surface area contributed by atoms with Gasteiger partial charge in [0.25, 0.3) is 0 Å². The topological polar surface area (TPSA) is 56.1 Å². The zero-order chi connectivity index (χ0) is 23.0. The third kappa shape index (κ3) is 5.80. The maximum absolute atomic E-state index is 12.6. The summed E-state index contributed by atoms with van der Waals surface area (Å²) in [5.74, 6) is 1.83. The van der Waals surface area contributed by atoms with E-state index in [2.05, 4.69) is 41.1 Å². The van der Waals surface area contributed by atoms with Gasteiger partial charge < -0.3 is 14.6 Å². The lowest BCUT2D eigenvalue weighted by Crippen LogP contribution is -2.29. The smallest absolute Gasteiger partial charge is 0.220 e. The Morgan fingerprint density at radius 2 is 1.73 bits per heavy atom. The Bertz CT molecular complexity index is 1200. The van der Waals surface area contributed by atoms with E-state index < -0.39 is 0 Å². The Labute approximate surface area is 195 Å². The minimum Gasteiger partial charge on any atom is -0.493 e. The van der Waals surface area contributed by atoms with Crippen molar-refractivity contribution in [2.45, 2.75) is 45.7 Å². The largest absolute Gasteiger partial charge is 0.493 e. The molecule has 1 amide bonds. The van der Waals surface area contributed by atoms with Gasteiger partial charge in [-0.15, -0.1) is 0 Å². The number of aryl methyl sites for hydroxylation is 3. The van der Waals surface area contributed by atoms with E-state index in [1.165, 1.54) is 5.56 Å². The molecule has 170 valence electrons. The molecule has 0 bridgehead atoms. The van der Waals surface area contributed by atoms with E-state index in [0.29, 0.717) is 13.0 Å². The number of amides is 1. The molecule has 0 aliphatic carbocycles. The van der Waals surface area contributed by atoms with E-state index in [1.807, 2.05) is 61.5 Å². The van der Waals surface area contributed by atoms with Gasteiger partial charge in [-0.3, -0.25) is 4.79 Å². The van der Waals surface area contributed by atoms with Gasteiger partial charge in [-0.2, -0.15) is 0 Å². The number of hydrogen-bond acceptors (Lipinski definition) is 3. The molecule has 4 rings (SSSR count). The maximum Gasteiger partial charge on any atom is 0.220 e. The predicted molar refractivity (Wildman–Crippen MR) is 132 cm³/mol. The van der Waals surface area contributed by atoms with Crippen LogP contribution in [0.25, 0.3) is 11.0 Å². The normalized spacial score (nSPS) is 11.9. The number of carbonyl (C=O) groups excluding carboxylic acids is 1. The van der Waals surface area contributed by atoms with Crippen LogP contribution in [-0.4, -0.2) is 22.1 Å². The summed E-state index contributed by atoms with van der Waals surface area (Å²) in [6, 6.07) is 26.1. The molecule has 0 saturated carbocycles. The lowest BCUT2D eigenvalue weighted by Gasteiger charge is -2.17. The van der Waals surface area contributed by atoms with Crippen LogP contribution in [0, 0.1) is 6.92 Å². The third-order valence-corrected chi connectivity index (χ3v) is 5.81. The molecule has 1 unspecified atom stereocenters. The summed E-state index contributed by atoms with van der Waals surface area (Å²) >= 11 is 0. The van der Waals surface area contributed by atoms with Crippen molar-refractivity contribution in [1.82, 2.24) is 14.9 Å². The highest BCUT2D eigenvalue weighted by atomic mass is 16.5. The minimum absolute atomic E-state index is 0.0350. The molecule has 33 heavy (non-hydrogen) atoms. The Morgan fingerprint density at radius 3 is 2.55 bits per heavy atom. The summed E-state index contributed by atoms with van der Waals surface area (Å²) in [4.78, 5) is 17.4. The average Bonchev–Trinajstić information content (AvgIpc) is 3.21. The molecule has 5 heteroatoms. The van der Waals surface area contributed by atoms with Gasteiger partial charge in [-0.05, 0) is 56.0 Å². The second kappa shape index (κ2) is 10.8. The van der Waals surface area contributed by atoms with Gasteiger partial charge in [0.1, 0.15) is 11.6 Å². The van der Waals surface area contributed by atoms with Crippen LogP contribution in [0.15, 0.2) is 78.9 Å². The van der Waals surface area contributed by atoms with Crippen LogP contribution >= 0.6 is 0 Å². The molecule has 0 aliphatic heterocycles. The van der Waals surface area contributed by atoms with Crippen molar-refractivity contribution >= 4 is 16.9 Å². The van der Waals surface area contributed by atoms with Crippen LogP contribution in [0.3, 0.4) is 0 Å². The summed E-state index contributed by atoms with van der Waals surface area (Å²) in [6.45, 7) is 5.45. The quantitative estimate of drug-likeness (QED) is 0.325. The van der Waals surface area contributed by atoms with Crippen LogP contribution < -0.4 is 10.1 Å². The molecule has 4 aromatic rings. The highest BCUT2D eigenvalue weighted by Crippen LogP contribution is 2.22. The van der Waals surface area contributed by atoms with Crippen molar-refractivity contribution in [1.29, 1.82) is 0 Å². The standard InChI is InChI=1S/C28H31N3O2/c1-21-11-6-9-16-26(21)33-20-10-19-31-25-15-8-7-14-24(25)30-28(31)22(2)29-27(32)18-17-23-12-4-3-5-13-23/h3-9,11-16,22H,10,17-20H2,1-2H3,(H,29,32). The van der Waals surface area contributed by atoms with Crippen LogP contribution in [-0.2, 0) is 17.8 Å². The lowest BCUT2D eigenvalue weighted by molar-refractivity contribution is -0.121. The predicted octanol–water partition coefficient (Wildman–Crippen LogP) is 5.62. The van der Waals surface area contributed by atoms with E-state index in [0.717, 1.165) is 47.6 Å². The van der Waals surface area contributed by atoms with Crippen molar-refractivity contribution in [2.24, 2.45) is 0 Å². The number of fused-ring (bicyclic) bond motifs is 1. The zero-order valence-electron chi connectivity index (χ0n) is 19.3. The van der Waals surface area contributed by atoms with Crippen LogP contribution in [0.5, 0.6) is 5.75 Å². The highest BCUT2D eigenvalue weighted by molar-refractivity contribution is 5.78. The lowest BCUT2D eigenvalue weighted by atomic mass is 10.1. The third-order valence-electron chi connectivity index (χ3n) is 5.81. The SMILES string of the molecule is Cc1ccccc1OCCCn1c(C(C)NC(=O)CCc2ccccc2)nc2ccccc21. The Kier molecular flexibility index (Phi) is 7.40. The number of imidazole rings is 1. The first kappa shape index (κ1) is 22.6. The fourth-order valence-electron chi connectivity index (χ4n) is 4.06. The van der Waals surface area contributed by atoms with Crippen LogP contribution in [0.2, 0.25) is 0 Å². The molecule has 1 aromatic heterocycles. The van der Waals surface area contributed by atoms with Gasteiger partial charge in [-0.1, -0.05) is 60.7 Å². The molecule has 0 spiro atoms. The summed E-state index contributed by atoms with van der Waals surface area (Å²) in [6.07, 6.45) is 2.03. The molecule has 1 heterocycles. The van der Waals surface area contributed by atoms with E-state index in [4.69, 9.17) is 9.72 Å². The molecule has 0 radical (unpaired) electrons. The molecule has 0 aliphatic rings. The summed E-state index contributed by atoms with van der Waals surface area (Å²) in [7, 11) is 0. The number of nitrogens with one attached hydrogen (secondary N) is 1. The molecule has 0 fully saturated rings. The Balaban J connectivity index is 1.40. The average molecular weight is 442 g/mol. The summed E-state index contributed by atoms with van der Waals surface area (Å²) in [5.41, 5.74) is 4.32. The molecular formula is C28H31N3O2. The number of aromatic nitrogens is 2. The molecule has 1 atom stereocenters. The fourth-order valence-corrected chi connectivity index (χ4v) is 4.06. The minimum atomic E-state index is -0.182. The van der Waals surface area contributed by atoms with E-state index in [1.54, 1.807) is 0 Å². The van der Waals surface area contributed by atoms with Gasteiger partial charge in [0.05, 0.1) is 23.7 Å².